The van der Waals surface area contributed by atoms with Crippen molar-refractivity contribution in [2.45, 2.75) is 32.0 Å². The number of aromatic nitrogens is 2. The Labute approximate surface area is 329 Å². The lowest BCUT2D eigenvalue weighted by Crippen LogP contribution is -2.44. The SMILES string of the molecule is COc1ccc(-c2cc(CN3CCC(N(Cc4cncc(-c5cc(OC)c(OC)c(OC)c5)c4)c4ccc(F)cc4)CC3)ccn2)cc1OC.Cl.Cl.Cl. The molecule has 0 atom stereocenters. The van der Waals surface area contributed by atoms with Crippen LogP contribution in [0.5, 0.6) is 28.7 Å². The minimum Gasteiger partial charge on any atom is -0.493 e. The smallest absolute Gasteiger partial charge is 0.203 e. The van der Waals surface area contributed by atoms with Gasteiger partial charge in [-0.05, 0) is 102 Å². The maximum absolute atomic E-state index is 14.0. The van der Waals surface area contributed by atoms with Crippen LogP contribution in [0, 0.1) is 5.82 Å². The lowest BCUT2D eigenvalue weighted by molar-refractivity contribution is 0.201. The summed E-state index contributed by atoms with van der Waals surface area (Å²) in [5.41, 5.74) is 6.93. The van der Waals surface area contributed by atoms with Crippen molar-refractivity contribution in [2.24, 2.45) is 0 Å². The molecule has 2 aromatic heterocycles. The molecule has 5 aromatic rings. The molecule has 0 amide bonds. The molecule has 3 aromatic carbocycles. The highest BCUT2D eigenvalue weighted by Gasteiger charge is 2.26. The van der Waals surface area contributed by atoms with E-state index in [1.807, 2.05) is 61.1 Å². The third kappa shape index (κ3) is 10.1. The zero-order valence-electron chi connectivity index (χ0n) is 30.4. The number of pyridine rings is 2. The van der Waals surface area contributed by atoms with Crippen LogP contribution < -0.4 is 28.6 Å². The van der Waals surface area contributed by atoms with Gasteiger partial charge < -0.3 is 28.6 Å². The molecule has 0 saturated carbocycles. The highest BCUT2D eigenvalue weighted by atomic mass is 35.5. The first-order chi connectivity index (χ1) is 24.4. The molecule has 0 unspecified atom stereocenters. The monoisotopic (exact) mass is 786 g/mol. The molecule has 0 spiro atoms. The first-order valence-electron chi connectivity index (χ1n) is 16.6. The Balaban J connectivity index is 0.00000252. The molecule has 0 radical (unpaired) electrons. The number of halogens is 4. The maximum Gasteiger partial charge on any atom is 0.203 e. The Hall–Kier alpha value is -4.48. The van der Waals surface area contributed by atoms with Crippen LogP contribution >= 0.6 is 37.2 Å². The van der Waals surface area contributed by atoms with E-state index in [1.165, 1.54) is 17.7 Å². The van der Waals surface area contributed by atoms with Crippen LogP contribution in [0.2, 0.25) is 0 Å². The Bertz CT molecular complexity index is 1890. The van der Waals surface area contributed by atoms with E-state index in [0.717, 1.165) is 66.1 Å². The van der Waals surface area contributed by atoms with Crippen molar-refractivity contribution in [2.75, 3.05) is 53.5 Å². The van der Waals surface area contributed by atoms with E-state index in [0.29, 0.717) is 35.3 Å². The number of anilines is 1. The van der Waals surface area contributed by atoms with Crippen LogP contribution in [0.3, 0.4) is 0 Å². The van der Waals surface area contributed by atoms with Crippen molar-refractivity contribution in [3.8, 4) is 51.1 Å². The number of piperidine rings is 1. The summed E-state index contributed by atoms with van der Waals surface area (Å²) >= 11 is 0. The van der Waals surface area contributed by atoms with Crippen LogP contribution in [-0.2, 0) is 13.1 Å². The number of likely N-dealkylation sites (tertiary alicyclic amines) is 1. The normalized spacial score (nSPS) is 12.7. The Kier molecular flexibility index (Phi) is 16.3. The van der Waals surface area contributed by atoms with E-state index in [2.05, 4.69) is 38.0 Å². The van der Waals surface area contributed by atoms with Gasteiger partial charge in [-0.1, -0.05) is 0 Å². The van der Waals surface area contributed by atoms with Gasteiger partial charge in [0.05, 0.1) is 41.2 Å². The highest BCUT2D eigenvalue weighted by Crippen LogP contribution is 2.41. The summed E-state index contributed by atoms with van der Waals surface area (Å²) in [4.78, 5) is 14.1. The zero-order valence-corrected chi connectivity index (χ0v) is 32.9. The average Bonchev–Trinajstić information content (AvgIpc) is 3.17. The molecule has 1 aliphatic heterocycles. The van der Waals surface area contributed by atoms with Crippen molar-refractivity contribution >= 4 is 42.9 Å². The number of benzene rings is 3. The standard InChI is InChI=1S/C40H43FN4O5.3ClH/c1-46-36-11-6-29(20-37(36)47-2)35-19-27(12-15-43-35)25-44-16-13-34(14-17-44)45(33-9-7-32(41)8-10-33)26-28-18-31(24-42-23-28)30-21-38(48-3)40(50-5)39(22-30)49-4;;;/h6-12,15,18-24,34H,13-14,16-17,25-26H2,1-5H3;3*1H. The quantitative estimate of drug-likeness (QED) is 0.116. The minimum atomic E-state index is -0.251. The van der Waals surface area contributed by atoms with Gasteiger partial charge in [0, 0.05) is 67.6 Å². The molecular weight excluding hydrogens is 742 g/mol. The van der Waals surface area contributed by atoms with E-state index < -0.39 is 0 Å². The van der Waals surface area contributed by atoms with Gasteiger partial charge in [0.25, 0.3) is 0 Å². The molecule has 53 heavy (non-hydrogen) atoms. The van der Waals surface area contributed by atoms with Gasteiger partial charge in [0.15, 0.2) is 23.0 Å². The van der Waals surface area contributed by atoms with E-state index in [4.69, 9.17) is 23.7 Å². The second kappa shape index (κ2) is 20.1. The van der Waals surface area contributed by atoms with E-state index in [-0.39, 0.29) is 49.1 Å². The summed E-state index contributed by atoms with van der Waals surface area (Å²) in [5.74, 6) is 2.81. The van der Waals surface area contributed by atoms with Gasteiger partial charge in [-0.2, -0.15) is 0 Å². The first kappa shape index (κ1) is 42.9. The predicted molar refractivity (Wildman–Crippen MR) is 215 cm³/mol. The second-order valence-electron chi connectivity index (χ2n) is 12.2. The molecule has 6 rings (SSSR count). The zero-order chi connectivity index (χ0) is 35.0. The Morgan fingerprint density at radius 3 is 1.92 bits per heavy atom. The topological polar surface area (TPSA) is 78.4 Å². The summed E-state index contributed by atoms with van der Waals surface area (Å²) in [5, 5.41) is 0. The number of methoxy groups -OCH3 is 5. The molecule has 13 heteroatoms. The van der Waals surface area contributed by atoms with Gasteiger partial charge in [-0.25, -0.2) is 4.39 Å². The van der Waals surface area contributed by atoms with Crippen molar-refractivity contribution in [1.29, 1.82) is 0 Å². The largest absolute Gasteiger partial charge is 0.493 e. The van der Waals surface area contributed by atoms with Crippen LogP contribution in [0.1, 0.15) is 24.0 Å². The number of rotatable bonds is 13. The summed E-state index contributed by atoms with van der Waals surface area (Å²) in [7, 11) is 8.07. The number of hydrogen-bond donors (Lipinski definition) is 0. The Morgan fingerprint density at radius 2 is 1.30 bits per heavy atom. The minimum absolute atomic E-state index is 0. The van der Waals surface area contributed by atoms with Crippen LogP contribution in [0.15, 0.2) is 91.4 Å². The first-order valence-corrected chi connectivity index (χ1v) is 16.6. The van der Waals surface area contributed by atoms with Gasteiger partial charge in [0.1, 0.15) is 5.82 Å². The van der Waals surface area contributed by atoms with E-state index in [9.17, 15) is 4.39 Å². The van der Waals surface area contributed by atoms with Gasteiger partial charge in [0.2, 0.25) is 5.75 Å². The number of nitrogens with zero attached hydrogens (tertiary/aromatic N) is 4. The fraction of sp³-hybridized carbons (Fsp3) is 0.300. The summed E-state index contributed by atoms with van der Waals surface area (Å²) in [6, 6.07) is 23.1. The highest BCUT2D eigenvalue weighted by molar-refractivity contribution is 5.86. The summed E-state index contributed by atoms with van der Waals surface area (Å²) in [6.45, 7) is 3.31. The van der Waals surface area contributed by atoms with Gasteiger partial charge in [-0.15, -0.1) is 37.2 Å². The van der Waals surface area contributed by atoms with Crippen LogP contribution in [0.4, 0.5) is 10.1 Å². The molecule has 9 nitrogen and oxygen atoms in total. The number of ether oxygens (including phenoxy) is 5. The van der Waals surface area contributed by atoms with Crippen molar-refractivity contribution < 1.29 is 28.1 Å². The molecule has 1 aliphatic rings. The molecule has 3 heterocycles. The van der Waals surface area contributed by atoms with Gasteiger partial charge in [-0.3, -0.25) is 14.9 Å². The van der Waals surface area contributed by atoms with Crippen LogP contribution in [-0.4, -0.2) is 69.5 Å². The second-order valence-corrected chi connectivity index (χ2v) is 12.2. The van der Waals surface area contributed by atoms with Crippen molar-refractivity contribution in [3.63, 3.8) is 0 Å². The van der Waals surface area contributed by atoms with Crippen molar-refractivity contribution in [1.82, 2.24) is 14.9 Å². The van der Waals surface area contributed by atoms with Crippen LogP contribution in [0.25, 0.3) is 22.4 Å². The van der Waals surface area contributed by atoms with Gasteiger partial charge >= 0.3 is 0 Å². The Morgan fingerprint density at radius 1 is 0.660 bits per heavy atom. The molecular formula is C40H46Cl3FN4O5. The number of hydrogen-bond acceptors (Lipinski definition) is 9. The lowest BCUT2D eigenvalue weighted by atomic mass is 9.99. The molecule has 0 N–H and O–H groups in total. The molecule has 0 aliphatic carbocycles. The lowest BCUT2D eigenvalue weighted by Gasteiger charge is -2.40. The van der Waals surface area contributed by atoms with Crippen molar-refractivity contribution in [3.05, 3.63) is 108 Å². The average molecular weight is 788 g/mol. The fourth-order valence-electron chi connectivity index (χ4n) is 6.61. The third-order valence-corrected chi connectivity index (χ3v) is 9.21. The fourth-order valence-corrected chi connectivity index (χ4v) is 6.61. The van der Waals surface area contributed by atoms with E-state index in [1.54, 1.807) is 35.5 Å². The maximum atomic E-state index is 14.0. The summed E-state index contributed by atoms with van der Waals surface area (Å²) < 4.78 is 41.6. The van der Waals surface area contributed by atoms with E-state index >= 15 is 0 Å². The summed E-state index contributed by atoms with van der Waals surface area (Å²) in [6.07, 6.45) is 7.52. The molecule has 1 saturated heterocycles. The molecule has 1 fully saturated rings. The molecule has 284 valence electrons. The molecule has 0 bridgehead atoms. The predicted octanol–water partition coefficient (Wildman–Crippen LogP) is 8.93. The third-order valence-electron chi connectivity index (χ3n) is 9.21.